The molecule has 0 unspecified atom stereocenters. The Morgan fingerprint density at radius 1 is 1.08 bits per heavy atom. The maximum Gasteiger partial charge on any atom is 0.122 e. The second kappa shape index (κ2) is 7.14. The summed E-state index contributed by atoms with van der Waals surface area (Å²) >= 11 is 0. The monoisotopic (exact) mass is 331 g/mol. The second-order valence-electron chi connectivity index (χ2n) is 6.14. The van der Waals surface area contributed by atoms with Gasteiger partial charge in [0.25, 0.3) is 0 Å². The van der Waals surface area contributed by atoms with Gasteiger partial charge in [0, 0.05) is 18.7 Å². The first kappa shape index (κ1) is 16.7. The molecule has 0 radical (unpaired) electrons. The molecule has 2 N–H and O–H groups in total. The number of hydrogen-bond donors (Lipinski definition) is 1. The number of benzene rings is 2. The van der Waals surface area contributed by atoms with Gasteiger partial charge in [0.1, 0.15) is 17.5 Å². The van der Waals surface area contributed by atoms with Gasteiger partial charge in [-0.05, 0) is 36.2 Å². The topological polar surface area (TPSA) is 64.0 Å². The fourth-order valence-corrected chi connectivity index (χ4v) is 3.01. The summed E-state index contributed by atoms with van der Waals surface area (Å²) in [5, 5.41) is 9.48. The average molecular weight is 331 g/mol. The number of methoxy groups -OCH3 is 1. The Morgan fingerprint density at radius 3 is 2.48 bits per heavy atom. The number of nitrogens with zero attached hydrogens (tertiary/aromatic N) is 2. The van der Waals surface area contributed by atoms with E-state index in [4.69, 9.17) is 10.5 Å². The van der Waals surface area contributed by atoms with Gasteiger partial charge in [-0.25, -0.2) is 0 Å². The van der Waals surface area contributed by atoms with Crippen LogP contribution in [0.25, 0.3) is 0 Å². The van der Waals surface area contributed by atoms with Gasteiger partial charge in [0.2, 0.25) is 0 Å². The van der Waals surface area contributed by atoms with Crippen LogP contribution in [-0.2, 0) is 13.0 Å². The molecule has 0 atom stereocenters. The normalized spacial score (nSPS) is 10.4. The molecule has 25 heavy (non-hydrogen) atoms. The van der Waals surface area contributed by atoms with Crippen molar-refractivity contribution < 1.29 is 4.74 Å². The number of nitrogens with two attached hydrogens (primary N) is 1. The lowest BCUT2D eigenvalue weighted by atomic mass is 10.1. The number of ether oxygens (including phenoxy) is 1. The van der Waals surface area contributed by atoms with Gasteiger partial charge in [-0.1, -0.05) is 42.0 Å². The predicted molar refractivity (Wildman–Crippen MR) is 99.6 cm³/mol. The van der Waals surface area contributed by atoms with E-state index in [-0.39, 0.29) is 0 Å². The van der Waals surface area contributed by atoms with Gasteiger partial charge in [0.05, 0.1) is 12.8 Å². The third kappa shape index (κ3) is 3.67. The summed E-state index contributed by atoms with van der Waals surface area (Å²) < 4.78 is 7.20. The van der Waals surface area contributed by atoms with Crippen LogP contribution < -0.4 is 10.5 Å². The Balaban J connectivity index is 1.95. The van der Waals surface area contributed by atoms with E-state index in [0.29, 0.717) is 24.3 Å². The SMILES string of the molecule is COc1ccc(Cn2c(C#N)cc(N)c2Cc2cccc(C)c2)cc1. The highest BCUT2D eigenvalue weighted by molar-refractivity contribution is 5.53. The minimum Gasteiger partial charge on any atom is -0.497 e. The number of nitrogen functional groups attached to an aromatic ring is 1. The zero-order valence-corrected chi connectivity index (χ0v) is 14.5. The van der Waals surface area contributed by atoms with E-state index in [1.54, 1.807) is 13.2 Å². The van der Waals surface area contributed by atoms with Gasteiger partial charge >= 0.3 is 0 Å². The number of aryl methyl sites for hydroxylation is 1. The molecule has 0 spiro atoms. The highest BCUT2D eigenvalue weighted by Gasteiger charge is 2.14. The molecule has 0 saturated heterocycles. The molecule has 3 rings (SSSR count). The van der Waals surface area contributed by atoms with Crippen molar-refractivity contribution in [3.8, 4) is 11.8 Å². The van der Waals surface area contributed by atoms with Gasteiger partial charge in [-0.3, -0.25) is 0 Å². The van der Waals surface area contributed by atoms with Crippen molar-refractivity contribution in [2.75, 3.05) is 12.8 Å². The number of hydrogen-bond acceptors (Lipinski definition) is 3. The Hall–Kier alpha value is -3.19. The van der Waals surface area contributed by atoms with E-state index >= 15 is 0 Å². The third-order valence-electron chi connectivity index (χ3n) is 4.31. The summed E-state index contributed by atoms with van der Waals surface area (Å²) in [7, 11) is 1.65. The molecule has 3 aromatic rings. The van der Waals surface area contributed by atoms with Crippen LogP contribution in [0.1, 0.15) is 28.1 Å². The van der Waals surface area contributed by atoms with E-state index in [2.05, 4.69) is 31.2 Å². The standard InChI is InChI=1S/C21H21N3O/c1-15-4-3-5-17(10-15)11-21-20(23)12-18(13-22)24(21)14-16-6-8-19(25-2)9-7-16/h3-10,12H,11,14,23H2,1-2H3. The van der Waals surface area contributed by atoms with Gasteiger partial charge in [0.15, 0.2) is 0 Å². The fraction of sp³-hybridized carbons (Fsp3) is 0.190. The lowest BCUT2D eigenvalue weighted by Gasteiger charge is -2.13. The quantitative estimate of drug-likeness (QED) is 0.771. The molecule has 126 valence electrons. The lowest BCUT2D eigenvalue weighted by molar-refractivity contribution is 0.414. The van der Waals surface area contributed by atoms with Crippen molar-refractivity contribution in [3.05, 3.63) is 82.7 Å². The highest BCUT2D eigenvalue weighted by atomic mass is 16.5. The van der Waals surface area contributed by atoms with Crippen LogP contribution in [-0.4, -0.2) is 11.7 Å². The van der Waals surface area contributed by atoms with Crippen LogP contribution in [0.5, 0.6) is 5.75 Å². The minimum atomic E-state index is 0.580. The van der Waals surface area contributed by atoms with E-state index in [9.17, 15) is 5.26 Å². The lowest BCUT2D eigenvalue weighted by Crippen LogP contribution is -2.08. The van der Waals surface area contributed by atoms with Crippen LogP contribution in [0.4, 0.5) is 5.69 Å². The Bertz CT molecular complexity index is 917. The first-order valence-electron chi connectivity index (χ1n) is 8.17. The molecule has 2 aromatic carbocycles. The molecular formula is C21H21N3O. The minimum absolute atomic E-state index is 0.580. The Morgan fingerprint density at radius 2 is 1.84 bits per heavy atom. The maximum absolute atomic E-state index is 9.48. The molecule has 0 amide bonds. The van der Waals surface area contributed by atoms with Crippen molar-refractivity contribution in [2.45, 2.75) is 19.9 Å². The average Bonchev–Trinajstić information content (AvgIpc) is 2.91. The van der Waals surface area contributed by atoms with E-state index in [1.807, 2.05) is 34.9 Å². The molecule has 0 aliphatic carbocycles. The molecule has 0 saturated carbocycles. The molecule has 4 nitrogen and oxygen atoms in total. The maximum atomic E-state index is 9.48. The summed E-state index contributed by atoms with van der Waals surface area (Å²) in [5.41, 5.74) is 11.9. The van der Waals surface area contributed by atoms with Crippen molar-refractivity contribution in [1.82, 2.24) is 4.57 Å². The molecule has 1 heterocycles. The third-order valence-corrected chi connectivity index (χ3v) is 4.31. The first-order valence-corrected chi connectivity index (χ1v) is 8.17. The van der Waals surface area contributed by atoms with Crippen LogP contribution in [0.15, 0.2) is 54.6 Å². The summed E-state index contributed by atoms with van der Waals surface area (Å²) in [4.78, 5) is 0. The van der Waals surface area contributed by atoms with Crippen LogP contribution in [0, 0.1) is 18.3 Å². The smallest absolute Gasteiger partial charge is 0.122 e. The molecule has 0 aliphatic heterocycles. The summed E-state index contributed by atoms with van der Waals surface area (Å²) in [6, 6.07) is 20.2. The summed E-state index contributed by atoms with van der Waals surface area (Å²) in [5.74, 6) is 0.816. The van der Waals surface area contributed by atoms with Crippen LogP contribution in [0.3, 0.4) is 0 Å². The predicted octanol–water partition coefficient (Wildman–Crippen LogP) is 3.90. The number of rotatable bonds is 5. The number of anilines is 1. The first-order chi connectivity index (χ1) is 12.1. The van der Waals surface area contributed by atoms with E-state index in [1.165, 1.54) is 11.1 Å². The van der Waals surface area contributed by atoms with Crippen molar-refractivity contribution in [2.24, 2.45) is 0 Å². The van der Waals surface area contributed by atoms with Gasteiger partial charge in [-0.2, -0.15) is 5.26 Å². The Labute approximate surface area is 148 Å². The van der Waals surface area contributed by atoms with Gasteiger partial charge in [-0.15, -0.1) is 0 Å². The van der Waals surface area contributed by atoms with Crippen molar-refractivity contribution in [1.29, 1.82) is 5.26 Å². The molecule has 0 bridgehead atoms. The van der Waals surface area contributed by atoms with Crippen molar-refractivity contribution >= 4 is 5.69 Å². The molecule has 1 aromatic heterocycles. The fourth-order valence-electron chi connectivity index (χ4n) is 3.01. The Kier molecular flexibility index (Phi) is 4.76. The largest absolute Gasteiger partial charge is 0.497 e. The summed E-state index contributed by atoms with van der Waals surface area (Å²) in [6.07, 6.45) is 0.700. The van der Waals surface area contributed by atoms with E-state index < -0.39 is 0 Å². The highest BCUT2D eigenvalue weighted by Crippen LogP contribution is 2.24. The number of nitriles is 1. The van der Waals surface area contributed by atoms with E-state index in [0.717, 1.165) is 17.0 Å². The van der Waals surface area contributed by atoms with Crippen LogP contribution in [0.2, 0.25) is 0 Å². The molecule has 0 fully saturated rings. The second-order valence-corrected chi connectivity index (χ2v) is 6.14. The van der Waals surface area contributed by atoms with Crippen molar-refractivity contribution in [3.63, 3.8) is 0 Å². The molecule has 0 aliphatic rings. The zero-order valence-electron chi connectivity index (χ0n) is 14.5. The zero-order chi connectivity index (χ0) is 17.8. The number of aromatic nitrogens is 1. The molecule has 4 heteroatoms. The van der Waals surface area contributed by atoms with Gasteiger partial charge < -0.3 is 15.0 Å². The summed E-state index contributed by atoms with van der Waals surface area (Å²) in [6.45, 7) is 2.68. The molecular weight excluding hydrogens is 310 g/mol. The van der Waals surface area contributed by atoms with Crippen LogP contribution >= 0.6 is 0 Å².